The summed E-state index contributed by atoms with van der Waals surface area (Å²) in [6.07, 6.45) is 0. The average molecular weight is 495 g/mol. The Morgan fingerprint density at radius 2 is 1.08 bits per heavy atom. The van der Waals surface area contributed by atoms with Crippen molar-refractivity contribution in [2.24, 2.45) is 0 Å². The molecular weight excluding hydrogens is 453 g/mol. The predicted molar refractivity (Wildman–Crippen MR) is 135 cm³/mol. The van der Waals surface area contributed by atoms with Crippen LogP contribution in [0.15, 0.2) is 9.64 Å². The first-order valence-electron chi connectivity index (χ1n) is 9.44. The van der Waals surface area contributed by atoms with Crippen LogP contribution in [-0.4, -0.2) is 47.8 Å². The molecule has 0 atom stereocenters. The predicted octanol–water partition coefficient (Wildman–Crippen LogP) is 7.26. The van der Waals surface area contributed by atoms with Crippen molar-refractivity contribution in [3.63, 3.8) is 0 Å². The number of rotatable bonds is 4. The van der Waals surface area contributed by atoms with Crippen LogP contribution >= 0.6 is 15.3 Å². The zero-order valence-electron chi connectivity index (χ0n) is 18.9. The molecule has 1 heterocycles. The highest BCUT2D eigenvalue weighted by Crippen LogP contribution is 2.69. The Morgan fingerprint density at radius 3 is 1.25 bits per heavy atom. The van der Waals surface area contributed by atoms with Gasteiger partial charge in [0.2, 0.25) is 0 Å². The summed E-state index contributed by atoms with van der Waals surface area (Å²) in [5.74, 6) is 0. The van der Waals surface area contributed by atoms with Gasteiger partial charge in [-0.25, -0.2) is 0 Å². The fourth-order valence-corrected chi connectivity index (χ4v) is 86.8. The molecule has 1 aliphatic rings. The van der Waals surface area contributed by atoms with Crippen LogP contribution < -0.4 is 0 Å². The first-order valence-corrected chi connectivity index (χ1v) is 30.2. The van der Waals surface area contributed by atoms with E-state index in [4.69, 9.17) is 0 Å². The van der Waals surface area contributed by atoms with Gasteiger partial charge in [0.05, 0.1) is 21.2 Å². The van der Waals surface area contributed by atoms with Crippen LogP contribution in [0.5, 0.6) is 0 Å². The van der Waals surface area contributed by atoms with Gasteiger partial charge >= 0.3 is 8.80 Å². The van der Waals surface area contributed by atoms with E-state index in [-0.39, 0.29) is 8.80 Å². The van der Waals surface area contributed by atoms with Crippen LogP contribution in [0, 0.1) is 0 Å². The molecule has 24 heavy (non-hydrogen) atoms. The van der Waals surface area contributed by atoms with Gasteiger partial charge in [-0.15, -0.1) is 15.3 Å². The van der Waals surface area contributed by atoms with Gasteiger partial charge in [0, 0.05) is 21.0 Å². The molecule has 0 amide bonds. The summed E-state index contributed by atoms with van der Waals surface area (Å²) in [6, 6.07) is 0. The van der Waals surface area contributed by atoms with Gasteiger partial charge in [0.1, 0.15) is 14.8 Å². The summed E-state index contributed by atoms with van der Waals surface area (Å²) in [7, 11) is -6.03. The lowest BCUT2D eigenvalue weighted by Crippen LogP contribution is -2.74. The van der Waals surface area contributed by atoms with Gasteiger partial charge in [-0.05, 0) is 3.91 Å². The van der Waals surface area contributed by atoms with E-state index in [9.17, 15) is 0 Å². The monoisotopic (exact) mass is 493 g/mol. The lowest BCUT2D eigenvalue weighted by atomic mass is 11.2. The fraction of sp³-hybridized carbons (Fsp3) is 0.882. The summed E-state index contributed by atoms with van der Waals surface area (Å²) < 4.78 is 0.755. The molecule has 0 aliphatic carbocycles. The molecule has 0 saturated heterocycles. The zero-order valence-corrected chi connectivity index (χ0v) is 26.5. The second-order valence-corrected chi connectivity index (χ2v) is 47.1. The Bertz CT molecular complexity index is 527. The molecule has 0 radical (unpaired) electrons. The van der Waals surface area contributed by atoms with Crippen LogP contribution in [-0.2, 0) is 0 Å². The molecule has 140 valence electrons. The van der Waals surface area contributed by atoms with Crippen LogP contribution in [0.2, 0.25) is 95.6 Å². The molecule has 0 bridgehead atoms. The summed E-state index contributed by atoms with van der Waals surface area (Å²) >= 11 is 4.31. The van der Waals surface area contributed by atoms with Gasteiger partial charge in [-0.2, -0.15) is 0 Å². The minimum atomic E-state index is -1.51. The van der Waals surface area contributed by atoms with E-state index in [1.54, 1.807) is 0 Å². The second kappa shape index (κ2) is 6.27. The molecule has 0 aromatic carbocycles. The van der Waals surface area contributed by atoms with E-state index in [1.165, 1.54) is 0 Å². The van der Waals surface area contributed by atoms with Crippen molar-refractivity contribution in [2.75, 3.05) is 0 Å². The summed E-state index contributed by atoms with van der Waals surface area (Å²) in [6.45, 7) is 36.5. The molecule has 1 aliphatic heterocycles. The maximum atomic E-state index is 4.31. The molecule has 7 heteroatoms. The van der Waals surface area contributed by atoms with Crippen molar-refractivity contribution in [3.8, 4) is 0 Å². The van der Waals surface area contributed by atoms with E-state index < -0.39 is 39.0 Å². The molecule has 1 rings (SSSR count). The third kappa shape index (κ3) is 2.96. The Hall–Kier alpha value is 1.52. The number of hydrogen-bond donors (Lipinski definition) is 0. The second-order valence-electron chi connectivity index (χ2n) is 11.7. The number of hydrogen-bond acceptors (Lipinski definition) is 0. The minimum Gasteiger partial charge on any atom is -0.121 e. The SMILES string of the molecule is C[Si+](C)C1=C([Si](C)(C)Br)[Si](C)(C)C([Si](C)(C)C)([Si](C)(C)C)[Si]1(C)C. The van der Waals surface area contributed by atoms with Crippen LogP contribution in [0.3, 0.4) is 0 Å². The van der Waals surface area contributed by atoms with Crippen molar-refractivity contribution >= 4 is 63.1 Å². The smallest absolute Gasteiger partial charge is 0.121 e. The standard InChI is InChI=1S/C17H42BrSi6/c1-19(2)15-16(24(13,14)18)23(11,12)17(20(3,4)5,21(6,7)8)22(15,9)10/h1-14H3/q+1. The average Bonchev–Trinajstić information content (AvgIpc) is 2.33. The topological polar surface area (TPSA) is 0 Å². The quantitative estimate of drug-likeness (QED) is 0.285. The van der Waals surface area contributed by atoms with Crippen molar-refractivity contribution in [1.82, 2.24) is 0 Å². The summed E-state index contributed by atoms with van der Waals surface area (Å²) in [5.41, 5.74) is 0. The van der Waals surface area contributed by atoms with Crippen molar-refractivity contribution in [2.45, 2.75) is 95.6 Å². The third-order valence-corrected chi connectivity index (χ3v) is 55.8. The lowest BCUT2D eigenvalue weighted by molar-refractivity contribution is 1.21. The maximum absolute atomic E-state index is 4.31. The van der Waals surface area contributed by atoms with Gasteiger partial charge in [-0.3, -0.25) is 0 Å². The molecule has 0 N–H and O–H groups in total. The molecule has 0 fully saturated rings. The number of halogens is 1. The van der Waals surface area contributed by atoms with Crippen LogP contribution in [0.1, 0.15) is 0 Å². The molecule has 0 saturated carbocycles. The zero-order chi connectivity index (χ0) is 19.7. The largest absolute Gasteiger partial charge is 0.335 e. The van der Waals surface area contributed by atoms with Crippen molar-refractivity contribution in [3.05, 3.63) is 9.64 Å². The van der Waals surface area contributed by atoms with Gasteiger partial charge < -0.3 is 0 Å². The Labute approximate surface area is 167 Å². The van der Waals surface area contributed by atoms with Gasteiger partial charge in [-0.1, -0.05) is 83.4 Å². The Balaban J connectivity index is 4.15. The van der Waals surface area contributed by atoms with Crippen LogP contribution in [0.25, 0.3) is 0 Å². The van der Waals surface area contributed by atoms with E-state index in [2.05, 4.69) is 117 Å². The normalized spacial score (nSPS) is 23.6. The fourth-order valence-electron chi connectivity index (χ4n) is 8.57. The van der Waals surface area contributed by atoms with E-state index >= 15 is 0 Å². The Kier molecular flexibility index (Phi) is 6.15. The molecule has 0 nitrogen and oxygen atoms in total. The minimum absolute atomic E-state index is 0.384. The molecule has 0 unspecified atom stereocenters. The molecule has 0 aromatic heterocycles. The molecule has 0 aromatic rings. The summed E-state index contributed by atoms with van der Waals surface area (Å²) in [4.78, 5) is 4.18. The first-order chi connectivity index (χ1) is 10.2. The van der Waals surface area contributed by atoms with Crippen molar-refractivity contribution in [1.29, 1.82) is 0 Å². The Morgan fingerprint density at radius 1 is 0.750 bits per heavy atom. The maximum Gasteiger partial charge on any atom is 0.335 e. The van der Waals surface area contributed by atoms with E-state index in [0.29, 0.717) is 0 Å². The highest BCUT2D eigenvalue weighted by atomic mass is 79.9. The highest BCUT2D eigenvalue weighted by molar-refractivity contribution is 9.26. The highest BCUT2D eigenvalue weighted by Gasteiger charge is 2.77. The van der Waals surface area contributed by atoms with Crippen LogP contribution in [0.4, 0.5) is 0 Å². The molecule has 0 spiro atoms. The van der Waals surface area contributed by atoms with E-state index in [0.717, 1.165) is 3.91 Å². The molecular formula is C17H42BrSi6+. The van der Waals surface area contributed by atoms with Gasteiger partial charge in [0.15, 0.2) is 0 Å². The van der Waals surface area contributed by atoms with E-state index in [1.807, 2.05) is 0 Å². The lowest BCUT2D eigenvalue weighted by Gasteiger charge is -2.63. The van der Waals surface area contributed by atoms with Crippen molar-refractivity contribution < 1.29 is 0 Å². The summed E-state index contributed by atoms with van der Waals surface area (Å²) in [5, 5.41) is 0. The third-order valence-electron chi connectivity index (χ3n) is 6.72. The van der Waals surface area contributed by atoms with Gasteiger partial charge in [0.25, 0.3) is 0 Å². The first kappa shape index (κ1) is 23.6.